The molecule has 0 spiro atoms. The lowest BCUT2D eigenvalue weighted by molar-refractivity contribution is 0.0528. The van der Waals surface area contributed by atoms with Gasteiger partial charge in [-0.2, -0.15) is 0 Å². The number of hydrogen-bond donors (Lipinski definition) is 2. The summed E-state index contributed by atoms with van der Waals surface area (Å²) >= 11 is 0. The maximum atomic E-state index is 11.7. The molecule has 0 saturated heterocycles. The Labute approximate surface area is 94.7 Å². The number of amides is 1. The van der Waals surface area contributed by atoms with Gasteiger partial charge in [-0.3, -0.25) is 0 Å². The van der Waals surface area contributed by atoms with E-state index in [0.717, 1.165) is 0 Å². The molecule has 0 atom stereocenters. The van der Waals surface area contributed by atoms with E-state index in [-0.39, 0.29) is 13.0 Å². The van der Waals surface area contributed by atoms with Crippen molar-refractivity contribution in [2.45, 2.75) is 39.2 Å². The van der Waals surface area contributed by atoms with Gasteiger partial charge in [0.2, 0.25) is 6.43 Å². The fourth-order valence-corrected chi connectivity index (χ4v) is 0.903. The van der Waals surface area contributed by atoms with Crippen LogP contribution in [-0.2, 0) is 4.74 Å². The summed E-state index contributed by atoms with van der Waals surface area (Å²) in [4.78, 5) is 11.1. The van der Waals surface area contributed by atoms with E-state index in [1.165, 1.54) is 0 Å². The van der Waals surface area contributed by atoms with Crippen LogP contribution in [0.2, 0.25) is 0 Å². The summed E-state index contributed by atoms with van der Waals surface area (Å²) in [7, 11) is 0. The number of carbonyl (C=O) groups excluding carboxylic acids is 1. The Balaban J connectivity index is 3.35. The van der Waals surface area contributed by atoms with Crippen LogP contribution >= 0.6 is 0 Å². The molecular formula is C10H20F2N2O2. The van der Waals surface area contributed by atoms with Crippen molar-refractivity contribution in [2.75, 3.05) is 19.6 Å². The molecule has 0 aromatic carbocycles. The fraction of sp³-hybridized carbons (Fsp3) is 0.900. The Kier molecular flexibility index (Phi) is 6.96. The summed E-state index contributed by atoms with van der Waals surface area (Å²) in [6.45, 7) is 6.37. The third-order valence-corrected chi connectivity index (χ3v) is 1.51. The molecule has 2 N–H and O–H groups in total. The highest BCUT2D eigenvalue weighted by atomic mass is 19.3. The first kappa shape index (κ1) is 15.1. The van der Waals surface area contributed by atoms with Gasteiger partial charge in [0, 0.05) is 26.1 Å². The first-order valence-corrected chi connectivity index (χ1v) is 5.27. The van der Waals surface area contributed by atoms with Crippen LogP contribution in [-0.4, -0.2) is 37.8 Å². The van der Waals surface area contributed by atoms with E-state index in [4.69, 9.17) is 4.74 Å². The summed E-state index contributed by atoms with van der Waals surface area (Å²) in [6.07, 6.45) is -2.96. The van der Waals surface area contributed by atoms with Gasteiger partial charge in [-0.05, 0) is 20.8 Å². The standard InChI is InChI=1S/C10H20F2N2O2/c1-10(2,3)16-9(15)14-7-6-13-5-4-8(11)12/h8,13H,4-7H2,1-3H3,(H,14,15). The Morgan fingerprint density at radius 3 is 2.38 bits per heavy atom. The molecule has 0 aromatic rings. The van der Waals surface area contributed by atoms with Crippen LogP contribution < -0.4 is 10.6 Å². The number of nitrogens with one attached hydrogen (secondary N) is 2. The molecule has 0 aromatic heterocycles. The predicted octanol–water partition coefficient (Wildman–Crippen LogP) is 1.76. The monoisotopic (exact) mass is 238 g/mol. The van der Waals surface area contributed by atoms with Crippen molar-refractivity contribution in [3.8, 4) is 0 Å². The summed E-state index contributed by atoms with van der Waals surface area (Å²) in [5, 5.41) is 5.30. The average Bonchev–Trinajstić information content (AvgIpc) is 2.07. The zero-order chi connectivity index (χ0) is 12.6. The van der Waals surface area contributed by atoms with E-state index >= 15 is 0 Å². The van der Waals surface area contributed by atoms with Crippen LogP contribution in [0.3, 0.4) is 0 Å². The lowest BCUT2D eigenvalue weighted by atomic mass is 10.2. The third-order valence-electron chi connectivity index (χ3n) is 1.51. The molecule has 6 heteroatoms. The predicted molar refractivity (Wildman–Crippen MR) is 57.7 cm³/mol. The van der Waals surface area contributed by atoms with Gasteiger partial charge in [0.15, 0.2) is 0 Å². The van der Waals surface area contributed by atoms with Gasteiger partial charge >= 0.3 is 6.09 Å². The summed E-state index contributed by atoms with van der Waals surface area (Å²) in [5.74, 6) is 0. The average molecular weight is 238 g/mol. The molecule has 1 amide bonds. The van der Waals surface area contributed by atoms with Crippen LogP contribution in [0, 0.1) is 0 Å². The van der Waals surface area contributed by atoms with Crippen LogP contribution in [0.1, 0.15) is 27.2 Å². The summed E-state index contributed by atoms with van der Waals surface area (Å²) in [5.41, 5.74) is -0.521. The maximum Gasteiger partial charge on any atom is 0.407 e. The first-order valence-electron chi connectivity index (χ1n) is 5.27. The van der Waals surface area contributed by atoms with E-state index in [9.17, 15) is 13.6 Å². The fourth-order valence-electron chi connectivity index (χ4n) is 0.903. The highest BCUT2D eigenvalue weighted by Crippen LogP contribution is 2.05. The van der Waals surface area contributed by atoms with E-state index in [1.54, 1.807) is 20.8 Å². The van der Waals surface area contributed by atoms with Gasteiger partial charge in [0.25, 0.3) is 0 Å². The van der Waals surface area contributed by atoms with E-state index in [1.807, 2.05) is 0 Å². The Morgan fingerprint density at radius 1 is 1.25 bits per heavy atom. The maximum absolute atomic E-state index is 11.7. The molecule has 0 radical (unpaired) electrons. The van der Waals surface area contributed by atoms with E-state index in [2.05, 4.69) is 10.6 Å². The Hall–Kier alpha value is -0.910. The number of alkyl carbamates (subject to hydrolysis) is 1. The molecule has 0 bridgehead atoms. The molecule has 0 aliphatic heterocycles. The Morgan fingerprint density at radius 2 is 1.88 bits per heavy atom. The van der Waals surface area contributed by atoms with Crippen molar-refractivity contribution in [1.82, 2.24) is 10.6 Å². The van der Waals surface area contributed by atoms with Crippen molar-refractivity contribution in [3.05, 3.63) is 0 Å². The largest absolute Gasteiger partial charge is 0.444 e. The van der Waals surface area contributed by atoms with Crippen molar-refractivity contribution in [1.29, 1.82) is 0 Å². The zero-order valence-corrected chi connectivity index (χ0v) is 9.98. The summed E-state index contributed by atoms with van der Waals surface area (Å²) < 4.78 is 28.4. The number of ether oxygens (including phenoxy) is 1. The second-order valence-electron chi connectivity index (χ2n) is 4.36. The second-order valence-corrected chi connectivity index (χ2v) is 4.36. The minimum absolute atomic E-state index is 0.174. The second kappa shape index (κ2) is 7.38. The van der Waals surface area contributed by atoms with Crippen molar-refractivity contribution >= 4 is 6.09 Å². The van der Waals surface area contributed by atoms with E-state index < -0.39 is 18.1 Å². The quantitative estimate of drug-likeness (QED) is 0.693. The molecule has 0 heterocycles. The molecule has 16 heavy (non-hydrogen) atoms. The van der Waals surface area contributed by atoms with Gasteiger partial charge in [-0.25, -0.2) is 13.6 Å². The van der Waals surface area contributed by atoms with Crippen molar-refractivity contribution in [2.24, 2.45) is 0 Å². The Bertz CT molecular complexity index is 205. The van der Waals surface area contributed by atoms with E-state index in [0.29, 0.717) is 13.1 Å². The molecule has 0 aliphatic carbocycles. The minimum atomic E-state index is -2.29. The SMILES string of the molecule is CC(C)(C)OC(=O)NCCNCCC(F)F. The first-order chi connectivity index (χ1) is 7.31. The zero-order valence-electron chi connectivity index (χ0n) is 9.98. The molecule has 96 valence electrons. The van der Waals surface area contributed by atoms with Gasteiger partial charge in [0.1, 0.15) is 5.60 Å². The number of halogens is 2. The molecule has 0 aliphatic rings. The van der Waals surface area contributed by atoms with Gasteiger partial charge < -0.3 is 15.4 Å². The normalized spacial score (nSPS) is 11.6. The van der Waals surface area contributed by atoms with Gasteiger partial charge in [0.05, 0.1) is 0 Å². The minimum Gasteiger partial charge on any atom is -0.444 e. The molecule has 0 saturated carbocycles. The van der Waals surface area contributed by atoms with Crippen LogP contribution in [0.25, 0.3) is 0 Å². The van der Waals surface area contributed by atoms with Crippen LogP contribution in [0.15, 0.2) is 0 Å². The molecular weight excluding hydrogens is 218 g/mol. The molecule has 4 nitrogen and oxygen atoms in total. The number of hydrogen-bond acceptors (Lipinski definition) is 3. The molecule has 0 unspecified atom stereocenters. The molecule has 0 rings (SSSR count). The van der Waals surface area contributed by atoms with Gasteiger partial charge in [-0.15, -0.1) is 0 Å². The smallest absolute Gasteiger partial charge is 0.407 e. The van der Waals surface area contributed by atoms with Crippen molar-refractivity contribution in [3.63, 3.8) is 0 Å². The van der Waals surface area contributed by atoms with Crippen LogP contribution in [0.5, 0.6) is 0 Å². The number of carbonyl (C=O) groups is 1. The third kappa shape index (κ3) is 11.2. The number of alkyl halides is 2. The highest BCUT2D eigenvalue weighted by Gasteiger charge is 2.15. The highest BCUT2D eigenvalue weighted by molar-refractivity contribution is 5.67. The molecule has 0 fully saturated rings. The van der Waals surface area contributed by atoms with Crippen LogP contribution in [0.4, 0.5) is 13.6 Å². The topological polar surface area (TPSA) is 50.4 Å². The lowest BCUT2D eigenvalue weighted by Crippen LogP contribution is -2.36. The lowest BCUT2D eigenvalue weighted by Gasteiger charge is -2.19. The van der Waals surface area contributed by atoms with Gasteiger partial charge in [-0.1, -0.05) is 0 Å². The summed E-state index contributed by atoms with van der Waals surface area (Å²) in [6, 6.07) is 0. The number of rotatable bonds is 6. The van der Waals surface area contributed by atoms with Crippen molar-refractivity contribution < 1.29 is 18.3 Å².